The molecule has 0 amide bonds. The van der Waals surface area contributed by atoms with E-state index in [1.54, 1.807) is 18.2 Å². The van der Waals surface area contributed by atoms with E-state index in [1.807, 2.05) is 0 Å². The third-order valence-electron chi connectivity index (χ3n) is 2.43. The molecule has 0 saturated heterocycles. The first-order valence-electron chi connectivity index (χ1n) is 5.16. The molecule has 6 heteroatoms. The third kappa shape index (κ3) is 2.04. The fraction of sp³-hybridized carbons (Fsp3) is 0.167. The minimum Gasteiger partial charge on any atom is -0.496 e. The zero-order valence-corrected chi connectivity index (χ0v) is 9.98. The maximum atomic E-state index is 13.8. The Kier molecular flexibility index (Phi) is 3.27. The average molecular weight is 249 g/mol. The molecule has 0 unspecified atom stereocenters. The Labute approximate surface area is 103 Å². The smallest absolute Gasteiger partial charge is 0.220 e. The van der Waals surface area contributed by atoms with Crippen molar-refractivity contribution >= 4 is 5.95 Å². The van der Waals surface area contributed by atoms with Crippen molar-refractivity contribution in [2.75, 3.05) is 20.0 Å². The highest BCUT2D eigenvalue weighted by Gasteiger charge is 2.18. The molecule has 1 aromatic carbocycles. The molecule has 18 heavy (non-hydrogen) atoms. The second-order valence-electron chi connectivity index (χ2n) is 3.46. The molecular formula is C12H12FN3O2. The normalized spacial score (nSPS) is 10.2. The highest BCUT2D eigenvalue weighted by molar-refractivity contribution is 5.75. The van der Waals surface area contributed by atoms with E-state index >= 15 is 0 Å². The predicted octanol–water partition coefficient (Wildman–Crippen LogP) is 1.88. The van der Waals surface area contributed by atoms with Gasteiger partial charge >= 0.3 is 0 Å². The topological polar surface area (TPSA) is 70.3 Å². The van der Waals surface area contributed by atoms with Gasteiger partial charge in [-0.2, -0.15) is 0 Å². The molecule has 0 spiro atoms. The van der Waals surface area contributed by atoms with Crippen LogP contribution in [0.3, 0.4) is 0 Å². The summed E-state index contributed by atoms with van der Waals surface area (Å²) in [6.07, 6.45) is 1.02. The molecule has 1 heterocycles. The van der Waals surface area contributed by atoms with E-state index in [2.05, 4.69) is 9.97 Å². The molecule has 0 aliphatic heterocycles. The van der Waals surface area contributed by atoms with Crippen molar-refractivity contribution in [2.24, 2.45) is 0 Å². The minimum atomic E-state index is -0.591. The van der Waals surface area contributed by atoms with Gasteiger partial charge in [0.25, 0.3) is 0 Å². The second-order valence-corrected chi connectivity index (χ2v) is 3.46. The summed E-state index contributed by atoms with van der Waals surface area (Å²) in [5.41, 5.74) is 5.94. The number of benzene rings is 1. The molecule has 2 N–H and O–H groups in total. The van der Waals surface area contributed by atoms with Crippen molar-refractivity contribution in [1.82, 2.24) is 9.97 Å². The van der Waals surface area contributed by atoms with Gasteiger partial charge in [-0.3, -0.25) is 0 Å². The number of halogens is 1. The third-order valence-corrected chi connectivity index (χ3v) is 2.43. The van der Waals surface area contributed by atoms with Gasteiger partial charge in [-0.1, -0.05) is 6.07 Å². The van der Waals surface area contributed by atoms with Gasteiger partial charge in [-0.25, -0.2) is 14.4 Å². The Morgan fingerprint density at radius 1 is 1.17 bits per heavy atom. The summed E-state index contributed by atoms with van der Waals surface area (Å²) < 4.78 is 24.2. The number of ether oxygens (including phenoxy) is 2. The molecule has 0 fully saturated rings. The second kappa shape index (κ2) is 4.87. The SMILES string of the molecule is COc1cccc(OC)c1-c1nc(N)ncc1F. The van der Waals surface area contributed by atoms with Gasteiger partial charge < -0.3 is 15.2 Å². The summed E-state index contributed by atoms with van der Waals surface area (Å²) in [6.45, 7) is 0. The molecule has 1 aromatic heterocycles. The summed E-state index contributed by atoms with van der Waals surface area (Å²) in [5.74, 6) is 0.295. The first kappa shape index (κ1) is 12.1. The van der Waals surface area contributed by atoms with Crippen molar-refractivity contribution < 1.29 is 13.9 Å². The summed E-state index contributed by atoms with van der Waals surface area (Å²) in [6, 6.07) is 5.12. The number of aromatic nitrogens is 2. The van der Waals surface area contributed by atoms with Crippen molar-refractivity contribution in [3.05, 3.63) is 30.2 Å². The molecule has 0 aliphatic carbocycles. The molecular weight excluding hydrogens is 237 g/mol. The molecule has 5 nitrogen and oxygen atoms in total. The number of nitrogens with two attached hydrogens (primary N) is 1. The lowest BCUT2D eigenvalue weighted by molar-refractivity contribution is 0.396. The van der Waals surface area contributed by atoms with Crippen LogP contribution in [0.2, 0.25) is 0 Å². The van der Waals surface area contributed by atoms with Gasteiger partial charge in [-0.05, 0) is 12.1 Å². The maximum Gasteiger partial charge on any atom is 0.220 e. The first-order chi connectivity index (χ1) is 8.67. The van der Waals surface area contributed by atoms with E-state index in [0.717, 1.165) is 6.20 Å². The van der Waals surface area contributed by atoms with Gasteiger partial charge in [-0.15, -0.1) is 0 Å². The Hall–Kier alpha value is -2.37. The van der Waals surface area contributed by atoms with Crippen LogP contribution < -0.4 is 15.2 Å². The molecule has 0 bridgehead atoms. The number of nitrogens with zero attached hydrogens (tertiary/aromatic N) is 2. The monoisotopic (exact) mass is 249 g/mol. The molecule has 0 aliphatic rings. The van der Waals surface area contributed by atoms with Gasteiger partial charge in [0.05, 0.1) is 26.0 Å². The van der Waals surface area contributed by atoms with Crippen molar-refractivity contribution in [1.29, 1.82) is 0 Å². The van der Waals surface area contributed by atoms with Crippen LogP contribution in [0.4, 0.5) is 10.3 Å². The number of hydrogen-bond acceptors (Lipinski definition) is 5. The summed E-state index contributed by atoms with van der Waals surface area (Å²) in [4.78, 5) is 7.48. The Balaban J connectivity index is 2.72. The molecule has 2 rings (SSSR count). The summed E-state index contributed by atoms with van der Waals surface area (Å²) in [7, 11) is 2.97. The van der Waals surface area contributed by atoms with Gasteiger partial charge in [0.15, 0.2) is 5.82 Å². The molecule has 0 saturated carbocycles. The fourth-order valence-corrected chi connectivity index (χ4v) is 1.64. The Morgan fingerprint density at radius 3 is 2.33 bits per heavy atom. The lowest BCUT2D eigenvalue weighted by Gasteiger charge is -2.12. The molecule has 0 radical (unpaired) electrons. The lowest BCUT2D eigenvalue weighted by Crippen LogP contribution is -2.01. The van der Waals surface area contributed by atoms with Gasteiger partial charge in [0.2, 0.25) is 5.95 Å². The largest absolute Gasteiger partial charge is 0.496 e. The Bertz CT molecular complexity index is 553. The number of rotatable bonds is 3. The van der Waals surface area contributed by atoms with Crippen LogP contribution in [-0.4, -0.2) is 24.2 Å². The van der Waals surface area contributed by atoms with E-state index < -0.39 is 5.82 Å². The van der Waals surface area contributed by atoms with Crippen LogP contribution in [-0.2, 0) is 0 Å². The average Bonchev–Trinajstić information content (AvgIpc) is 2.40. The van der Waals surface area contributed by atoms with Crippen LogP contribution in [0.1, 0.15) is 0 Å². The number of methoxy groups -OCH3 is 2. The fourth-order valence-electron chi connectivity index (χ4n) is 1.64. The van der Waals surface area contributed by atoms with Crippen LogP contribution >= 0.6 is 0 Å². The van der Waals surface area contributed by atoms with Crippen LogP contribution in [0.5, 0.6) is 11.5 Å². The summed E-state index contributed by atoms with van der Waals surface area (Å²) in [5, 5.41) is 0. The van der Waals surface area contributed by atoms with Crippen molar-refractivity contribution in [3.63, 3.8) is 0 Å². The van der Waals surface area contributed by atoms with Crippen molar-refractivity contribution in [3.8, 4) is 22.8 Å². The van der Waals surface area contributed by atoms with E-state index in [0.29, 0.717) is 17.1 Å². The number of hydrogen-bond donors (Lipinski definition) is 1. The Morgan fingerprint density at radius 2 is 1.78 bits per heavy atom. The lowest BCUT2D eigenvalue weighted by atomic mass is 10.1. The highest BCUT2D eigenvalue weighted by atomic mass is 19.1. The predicted molar refractivity (Wildman–Crippen MR) is 64.9 cm³/mol. The van der Waals surface area contributed by atoms with E-state index in [9.17, 15) is 4.39 Å². The van der Waals surface area contributed by atoms with E-state index in [4.69, 9.17) is 15.2 Å². The number of anilines is 1. The summed E-state index contributed by atoms with van der Waals surface area (Å²) >= 11 is 0. The van der Waals surface area contributed by atoms with E-state index in [1.165, 1.54) is 14.2 Å². The van der Waals surface area contributed by atoms with Gasteiger partial charge in [0.1, 0.15) is 17.2 Å². The minimum absolute atomic E-state index is 0.0145. The number of nitrogen functional groups attached to an aromatic ring is 1. The maximum absolute atomic E-state index is 13.8. The highest BCUT2D eigenvalue weighted by Crippen LogP contribution is 2.38. The molecule has 0 atom stereocenters. The molecule has 94 valence electrons. The van der Waals surface area contributed by atoms with Crippen LogP contribution in [0.15, 0.2) is 24.4 Å². The quantitative estimate of drug-likeness (QED) is 0.899. The van der Waals surface area contributed by atoms with Crippen LogP contribution in [0, 0.1) is 5.82 Å². The standard InChI is InChI=1S/C12H12FN3O2/c1-17-8-4-3-5-9(18-2)10(8)11-7(13)6-15-12(14)16-11/h3-6H,1-2H3,(H2,14,15,16). The first-order valence-corrected chi connectivity index (χ1v) is 5.16. The van der Waals surface area contributed by atoms with E-state index in [-0.39, 0.29) is 11.6 Å². The van der Waals surface area contributed by atoms with Crippen molar-refractivity contribution in [2.45, 2.75) is 0 Å². The zero-order chi connectivity index (χ0) is 13.1. The van der Waals surface area contributed by atoms with Gasteiger partial charge in [0, 0.05) is 0 Å². The molecule has 2 aromatic rings. The van der Waals surface area contributed by atoms with Crippen LogP contribution in [0.25, 0.3) is 11.3 Å². The zero-order valence-electron chi connectivity index (χ0n) is 9.98.